The number of carbonyl (C=O) groups excluding carboxylic acids is 3. The van der Waals surface area contributed by atoms with Crippen LogP contribution in [0, 0.1) is 18.7 Å². The van der Waals surface area contributed by atoms with Gasteiger partial charge >= 0.3 is 6.09 Å². The van der Waals surface area contributed by atoms with Crippen molar-refractivity contribution in [3.63, 3.8) is 0 Å². The molecule has 0 radical (unpaired) electrons. The molecule has 2 aromatic heterocycles. The minimum absolute atomic E-state index is 0.00335. The van der Waals surface area contributed by atoms with Crippen LogP contribution in [0.5, 0.6) is 0 Å². The van der Waals surface area contributed by atoms with E-state index in [0.717, 1.165) is 48.2 Å². The topological polar surface area (TPSA) is 87.5 Å². The lowest BCUT2D eigenvalue weighted by atomic mass is 9.74. The lowest BCUT2D eigenvalue weighted by Crippen LogP contribution is -2.65. The molecule has 0 spiro atoms. The fourth-order valence-electron chi connectivity index (χ4n) is 7.61. The smallest absolute Gasteiger partial charge is 0.411 e. The van der Waals surface area contributed by atoms with Crippen LogP contribution in [0.15, 0.2) is 36.7 Å². The van der Waals surface area contributed by atoms with E-state index in [1.807, 2.05) is 57.8 Å². The first-order chi connectivity index (χ1) is 21.8. The summed E-state index contributed by atoms with van der Waals surface area (Å²) in [5.41, 5.74) is 2.97. The van der Waals surface area contributed by atoms with Gasteiger partial charge in [-0.3, -0.25) is 14.5 Å². The van der Waals surface area contributed by atoms with Gasteiger partial charge in [-0.2, -0.15) is 0 Å². The highest BCUT2D eigenvalue weighted by molar-refractivity contribution is 6.03. The molecule has 1 atom stereocenters. The van der Waals surface area contributed by atoms with Gasteiger partial charge in [0.15, 0.2) is 0 Å². The van der Waals surface area contributed by atoms with Gasteiger partial charge in [-0.1, -0.05) is 6.07 Å². The van der Waals surface area contributed by atoms with Crippen molar-refractivity contribution >= 4 is 23.4 Å². The number of halogens is 1. The van der Waals surface area contributed by atoms with Crippen LogP contribution in [0.4, 0.5) is 9.18 Å². The Labute approximate surface area is 270 Å². The fourth-order valence-corrected chi connectivity index (χ4v) is 7.61. The molecule has 1 saturated carbocycles. The van der Waals surface area contributed by atoms with E-state index in [4.69, 9.17) is 4.74 Å². The predicted molar refractivity (Wildman–Crippen MR) is 174 cm³/mol. The van der Waals surface area contributed by atoms with Crippen molar-refractivity contribution in [3.05, 3.63) is 59.4 Å². The Morgan fingerprint density at radius 3 is 2.39 bits per heavy atom. The summed E-state index contributed by atoms with van der Waals surface area (Å²) < 4.78 is 22.4. The third-order valence-corrected chi connectivity index (χ3v) is 9.98. The van der Waals surface area contributed by atoms with Crippen molar-refractivity contribution in [2.45, 2.75) is 104 Å². The van der Waals surface area contributed by atoms with Crippen LogP contribution in [-0.4, -0.2) is 85.4 Å². The molecule has 2 bridgehead atoms. The Morgan fingerprint density at radius 2 is 1.76 bits per heavy atom. The number of imidazole rings is 1. The van der Waals surface area contributed by atoms with Gasteiger partial charge in [0, 0.05) is 49.4 Å². The van der Waals surface area contributed by atoms with Gasteiger partial charge in [0.05, 0.1) is 17.3 Å². The molecule has 7 rings (SSSR count). The fraction of sp³-hybridized carbons (Fsp3) is 0.556. The molecule has 9 nitrogen and oxygen atoms in total. The van der Waals surface area contributed by atoms with E-state index in [9.17, 15) is 18.8 Å². The quantitative estimate of drug-likeness (QED) is 0.313. The number of aryl methyl sites for hydroxylation is 1. The maximum atomic E-state index is 14.6. The molecule has 3 amide bonds. The van der Waals surface area contributed by atoms with Gasteiger partial charge in [-0.25, -0.2) is 14.2 Å². The predicted octanol–water partition coefficient (Wildman–Crippen LogP) is 6.42. The molecule has 246 valence electrons. The number of carbonyl (C=O) groups is 3. The van der Waals surface area contributed by atoms with E-state index in [0.29, 0.717) is 30.8 Å². The zero-order valence-corrected chi connectivity index (χ0v) is 28.0. The number of pyridine rings is 1. The van der Waals surface area contributed by atoms with E-state index >= 15 is 0 Å². The molecule has 1 aliphatic carbocycles. The van der Waals surface area contributed by atoms with E-state index in [1.54, 1.807) is 22.1 Å². The first kappa shape index (κ1) is 32.0. The van der Waals surface area contributed by atoms with Crippen molar-refractivity contribution in [2.24, 2.45) is 5.92 Å². The standard InChI is InChI=1S/C36H46FN5O4/c1-8-40(21(2)3)33(43)30-16-26(37)11-14-28(30)29-15-24(20-41-22(4)38-17-31(29)41)25-18-39(19-25)34(44)32-23-9-12-27(13-10-23)42(32)35(45)46-36(5,6)7/h11,14-17,20-21,23,25,27,32H,8-10,12-13,18-19H2,1-7H3/t23?,27?,32-/m1/s1. The van der Waals surface area contributed by atoms with E-state index in [-0.39, 0.29) is 35.7 Å². The van der Waals surface area contributed by atoms with Crippen LogP contribution in [0.2, 0.25) is 0 Å². The molecule has 46 heavy (non-hydrogen) atoms. The summed E-state index contributed by atoms with van der Waals surface area (Å²) in [4.78, 5) is 50.9. The lowest BCUT2D eigenvalue weighted by molar-refractivity contribution is -0.150. The zero-order valence-electron chi connectivity index (χ0n) is 28.0. The lowest BCUT2D eigenvalue weighted by Gasteiger charge is -2.52. The Hall–Kier alpha value is -3.95. The van der Waals surface area contributed by atoms with Crippen molar-refractivity contribution in [3.8, 4) is 11.1 Å². The number of likely N-dealkylation sites (tertiary alicyclic amines) is 1. The largest absolute Gasteiger partial charge is 0.444 e. The van der Waals surface area contributed by atoms with Gasteiger partial charge in [0.1, 0.15) is 23.3 Å². The van der Waals surface area contributed by atoms with E-state index in [1.165, 1.54) is 12.1 Å². The van der Waals surface area contributed by atoms with Crippen LogP contribution in [0.25, 0.3) is 16.6 Å². The van der Waals surface area contributed by atoms with Gasteiger partial charge in [-0.15, -0.1) is 0 Å². The minimum Gasteiger partial charge on any atom is -0.444 e. The number of aromatic nitrogens is 2. The van der Waals surface area contributed by atoms with Crippen LogP contribution in [0.3, 0.4) is 0 Å². The van der Waals surface area contributed by atoms with Crippen LogP contribution < -0.4 is 0 Å². The molecule has 4 aliphatic rings. The molecule has 0 unspecified atom stereocenters. The van der Waals surface area contributed by atoms with E-state index in [2.05, 4.69) is 17.2 Å². The number of amides is 3. The Bertz CT molecular complexity index is 1660. The van der Waals surface area contributed by atoms with Crippen molar-refractivity contribution in [1.82, 2.24) is 24.1 Å². The zero-order chi connectivity index (χ0) is 33.1. The third kappa shape index (κ3) is 5.75. The molecule has 1 aromatic carbocycles. The van der Waals surface area contributed by atoms with Crippen LogP contribution in [-0.2, 0) is 9.53 Å². The highest BCUT2D eigenvalue weighted by atomic mass is 19.1. The Morgan fingerprint density at radius 1 is 1.07 bits per heavy atom. The number of piperidine rings is 2. The number of nitrogens with zero attached hydrogens (tertiary/aromatic N) is 5. The summed E-state index contributed by atoms with van der Waals surface area (Å²) in [6.45, 7) is 14.9. The first-order valence-corrected chi connectivity index (χ1v) is 16.7. The molecular weight excluding hydrogens is 585 g/mol. The van der Waals surface area contributed by atoms with Crippen molar-refractivity contribution in [1.29, 1.82) is 0 Å². The molecule has 10 heteroatoms. The molecular formula is C36H46FN5O4. The number of hydrogen-bond donors (Lipinski definition) is 0. The first-order valence-electron chi connectivity index (χ1n) is 16.7. The average molecular weight is 632 g/mol. The number of ether oxygens (including phenoxy) is 1. The summed E-state index contributed by atoms with van der Waals surface area (Å²) in [6, 6.07) is 5.96. The number of fused-ring (bicyclic) bond motifs is 4. The summed E-state index contributed by atoms with van der Waals surface area (Å²) in [7, 11) is 0. The molecule has 0 N–H and O–H groups in total. The summed E-state index contributed by atoms with van der Waals surface area (Å²) in [6.07, 6.45) is 7.15. The molecule has 4 fully saturated rings. The number of hydrogen-bond acceptors (Lipinski definition) is 5. The van der Waals surface area contributed by atoms with Gasteiger partial charge in [0.2, 0.25) is 5.91 Å². The molecule has 3 saturated heterocycles. The second-order valence-electron chi connectivity index (χ2n) is 14.5. The number of rotatable bonds is 6. The average Bonchev–Trinajstić information content (AvgIpc) is 3.35. The van der Waals surface area contributed by atoms with E-state index < -0.39 is 23.6 Å². The highest BCUT2D eigenvalue weighted by Gasteiger charge is 2.51. The normalized spacial score (nSPS) is 21.5. The van der Waals surface area contributed by atoms with Gasteiger partial charge in [0.25, 0.3) is 5.91 Å². The Balaban J connectivity index is 1.29. The molecule has 5 heterocycles. The van der Waals surface area contributed by atoms with Crippen LogP contribution in [0.1, 0.15) is 94.9 Å². The second-order valence-corrected chi connectivity index (χ2v) is 14.5. The number of benzene rings is 1. The van der Waals surface area contributed by atoms with Gasteiger partial charge < -0.3 is 18.9 Å². The molecule has 3 aliphatic heterocycles. The Kier molecular flexibility index (Phi) is 8.36. The highest BCUT2D eigenvalue weighted by Crippen LogP contribution is 2.43. The molecule has 3 aromatic rings. The van der Waals surface area contributed by atoms with Gasteiger partial charge in [-0.05, 0) is 109 Å². The second kappa shape index (κ2) is 12.0. The van der Waals surface area contributed by atoms with Crippen LogP contribution >= 0.6 is 0 Å². The monoisotopic (exact) mass is 631 g/mol. The van der Waals surface area contributed by atoms with Crippen molar-refractivity contribution in [2.75, 3.05) is 19.6 Å². The minimum atomic E-state index is -0.635. The maximum absolute atomic E-state index is 14.6. The third-order valence-electron chi connectivity index (χ3n) is 9.98. The summed E-state index contributed by atoms with van der Waals surface area (Å²) >= 11 is 0. The maximum Gasteiger partial charge on any atom is 0.411 e. The SMILES string of the molecule is CCN(C(=O)c1cc(F)ccc1-c1cc(C2CN(C(=O)[C@H]3C4CCC(CC4)N3C(=O)OC(C)(C)C)C2)cn2c(C)ncc12)C(C)C. The summed E-state index contributed by atoms with van der Waals surface area (Å²) in [5, 5.41) is 0. The van der Waals surface area contributed by atoms with Crippen molar-refractivity contribution < 1.29 is 23.5 Å². The summed E-state index contributed by atoms with van der Waals surface area (Å²) in [5.74, 6) is 0.313.